The van der Waals surface area contributed by atoms with Gasteiger partial charge in [0.15, 0.2) is 0 Å². The molecule has 0 spiro atoms. The molecule has 7 nitrogen and oxygen atoms in total. The number of nitrogens with one attached hydrogen (secondary N) is 1. The van der Waals surface area contributed by atoms with E-state index in [1.54, 1.807) is 18.7 Å². The minimum atomic E-state index is 0.0724. The summed E-state index contributed by atoms with van der Waals surface area (Å²) in [6.45, 7) is 3.45. The fourth-order valence-corrected chi connectivity index (χ4v) is 3.58. The lowest BCUT2D eigenvalue weighted by molar-refractivity contribution is 0.0715. The molecule has 1 aliphatic rings. The van der Waals surface area contributed by atoms with E-state index in [0.29, 0.717) is 11.6 Å². The van der Waals surface area contributed by atoms with E-state index >= 15 is 0 Å². The largest absolute Gasteiger partial charge is 0.356 e. The van der Waals surface area contributed by atoms with Gasteiger partial charge < -0.3 is 14.8 Å². The van der Waals surface area contributed by atoms with Gasteiger partial charge >= 0.3 is 0 Å². The lowest BCUT2D eigenvalue weighted by Gasteiger charge is -2.37. The van der Waals surface area contributed by atoms with Crippen LogP contribution in [-0.4, -0.2) is 56.9 Å². The van der Waals surface area contributed by atoms with Gasteiger partial charge in [-0.2, -0.15) is 0 Å². The normalized spacial score (nSPS) is 15.4. The van der Waals surface area contributed by atoms with Gasteiger partial charge in [0.1, 0.15) is 17.8 Å². The first kappa shape index (κ1) is 16.5. The number of likely N-dealkylation sites (tertiary alicyclic amines) is 1. The predicted molar refractivity (Wildman–Crippen MR) is 100 cm³/mol. The van der Waals surface area contributed by atoms with Gasteiger partial charge in [-0.25, -0.2) is 15.0 Å². The number of amides is 1. The molecule has 4 rings (SSSR count). The van der Waals surface area contributed by atoms with Crippen molar-refractivity contribution in [2.75, 3.05) is 25.0 Å². The smallest absolute Gasteiger partial charge is 0.256 e. The Morgan fingerprint density at radius 3 is 2.85 bits per heavy atom. The Labute approximate surface area is 152 Å². The summed E-state index contributed by atoms with van der Waals surface area (Å²) in [7, 11) is 2.06. The number of hydrogen-bond donors (Lipinski definition) is 1. The van der Waals surface area contributed by atoms with Crippen LogP contribution in [0.5, 0.6) is 0 Å². The zero-order valence-corrected chi connectivity index (χ0v) is 15.0. The van der Waals surface area contributed by atoms with Gasteiger partial charge in [0, 0.05) is 55.7 Å². The van der Waals surface area contributed by atoms with E-state index in [9.17, 15) is 4.79 Å². The quantitative estimate of drug-likeness (QED) is 0.785. The lowest BCUT2D eigenvalue weighted by Crippen LogP contribution is -2.45. The van der Waals surface area contributed by atoms with Crippen LogP contribution < -0.4 is 4.90 Å². The molecular formula is C19H22N6O. The molecule has 1 N–H and O–H groups in total. The number of aromatic nitrogens is 4. The number of nitrogens with zero attached hydrogens (tertiary/aromatic N) is 5. The molecule has 3 aromatic rings. The maximum atomic E-state index is 12.9. The Bertz CT molecular complexity index is 928. The standard InChI is InChI=1S/C19H22N6O/c1-13-10-17(23-12-22-13)24(2)14-5-8-25(9-6-14)19(26)16-11-21-18-15(16)4-3-7-20-18/h3-4,7,10-12,14H,5-6,8-9H2,1-2H3,(H,20,21). The van der Waals surface area contributed by atoms with E-state index in [2.05, 4.69) is 31.9 Å². The van der Waals surface area contributed by atoms with E-state index in [4.69, 9.17) is 0 Å². The summed E-state index contributed by atoms with van der Waals surface area (Å²) in [5, 5.41) is 0.883. The summed E-state index contributed by atoms with van der Waals surface area (Å²) >= 11 is 0. The molecule has 134 valence electrons. The topological polar surface area (TPSA) is 78.0 Å². The van der Waals surface area contributed by atoms with Crippen molar-refractivity contribution in [3.05, 3.63) is 48.2 Å². The highest BCUT2D eigenvalue weighted by atomic mass is 16.2. The summed E-state index contributed by atoms with van der Waals surface area (Å²) < 4.78 is 0. The molecule has 0 atom stereocenters. The molecule has 0 bridgehead atoms. The second-order valence-corrected chi connectivity index (χ2v) is 6.75. The fourth-order valence-electron chi connectivity index (χ4n) is 3.58. The van der Waals surface area contributed by atoms with Crippen LogP contribution in [0.15, 0.2) is 36.9 Å². The maximum Gasteiger partial charge on any atom is 0.256 e. The van der Waals surface area contributed by atoms with Gasteiger partial charge in [-0.3, -0.25) is 4.79 Å². The van der Waals surface area contributed by atoms with Gasteiger partial charge in [-0.1, -0.05) is 0 Å². The molecule has 0 aliphatic carbocycles. The highest BCUT2D eigenvalue weighted by Gasteiger charge is 2.27. The molecule has 1 saturated heterocycles. The number of aryl methyl sites for hydroxylation is 1. The lowest BCUT2D eigenvalue weighted by atomic mass is 10.0. The third-order valence-electron chi connectivity index (χ3n) is 5.13. The van der Waals surface area contributed by atoms with Gasteiger partial charge in [-0.15, -0.1) is 0 Å². The van der Waals surface area contributed by atoms with Crippen LogP contribution in [-0.2, 0) is 0 Å². The van der Waals surface area contributed by atoms with Crippen molar-refractivity contribution >= 4 is 22.8 Å². The average molecular weight is 350 g/mol. The Morgan fingerprint density at radius 1 is 1.27 bits per heavy atom. The van der Waals surface area contributed by atoms with Crippen LogP contribution in [0.2, 0.25) is 0 Å². The molecule has 7 heteroatoms. The van der Waals surface area contributed by atoms with E-state index in [0.717, 1.165) is 48.5 Å². The van der Waals surface area contributed by atoms with Crippen molar-refractivity contribution in [2.24, 2.45) is 0 Å². The van der Waals surface area contributed by atoms with E-state index in [1.165, 1.54) is 0 Å². The zero-order chi connectivity index (χ0) is 18.1. The molecule has 1 amide bonds. The first-order valence-corrected chi connectivity index (χ1v) is 8.86. The molecule has 1 aliphatic heterocycles. The van der Waals surface area contributed by atoms with Gasteiger partial charge in [-0.05, 0) is 31.9 Å². The van der Waals surface area contributed by atoms with Crippen LogP contribution in [0.1, 0.15) is 28.9 Å². The molecule has 26 heavy (non-hydrogen) atoms. The monoisotopic (exact) mass is 350 g/mol. The van der Waals surface area contributed by atoms with Crippen molar-refractivity contribution in [3.63, 3.8) is 0 Å². The van der Waals surface area contributed by atoms with Gasteiger partial charge in [0.05, 0.1) is 5.56 Å². The Hall–Kier alpha value is -2.96. The SMILES string of the molecule is Cc1cc(N(C)C2CCN(C(=O)c3c[nH]c4ncccc34)CC2)ncn1. The summed E-state index contributed by atoms with van der Waals surface area (Å²) in [4.78, 5) is 32.9. The van der Waals surface area contributed by atoms with Crippen molar-refractivity contribution in [1.29, 1.82) is 0 Å². The number of piperidine rings is 1. The van der Waals surface area contributed by atoms with E-state index in [-0.39, 0.29) is 5.91 Å². The number of anilines is 1. The Balaban J connectivity index is 1.44. The average Bonchev–Trinajstić information content (AvgIpc) is 3.11. The summed E-state index contributed by atoms with van der Waals surface area (Å²) in [6, 6.07) is 6.16. The summed E-state index contributed by atoms with van der Waals surface area (Å²) in [5.41, 5.74) is 2.42. The van der Waals surface area contributed by atoms with Crippen LogP contribution >= 0.6 is 0 Å². The van der Waals surface area contributed by atoms with Crippen LogP contribution in [0.4, 0.5) is 5.82 Å². The molecule has 4 heterocycles. The van der Waals surface area contributed by atoms with Crippen LogP contribution in [0, 0.1) is 6.92 Å². The first-order chi connectivity index (χ1) is 12.6. The second kappa shape index (κ2) is 6.74. The molecule has 0 radical (unpaired) electrons. The van der Waals surface area contributed by atoms with Gasteiger partial charge in [0.25, 0.3) is 5.91 Å². The number of fused-ring (bicyclic) bond motifs is 1. The van der Waals surface area contributed by atoms with E-state index in [1.807, 2.05) is 30.0 Å². The molecule has 3 aromatic heterocycles. The number of pyridine rings is 1. The number of rotatable bonds is 3. The molecule has 1 fully saturated rings. The highest BCUT2D eigenvalue weighted by Crippen LogP contribution is 2.23. The third-order valence-corrected chi connectivity index (χ3v) is 5.13. The van der Waals surface area contributed by atoms with Crippen molar-refractivity contribution < 1.29 is 4.79 Å². The summed E-state index contributed by atoms with van der Waals surface area (Å²) in [5.74, 6) is 1.01. The summed E-state index contributed by atoms with van der Waals surface area (Å²) in [6.07, 6.45) is 6.94. The zero-order valence-electron chi connectivity index (χ0n) is 15.0. The maximum absolute atomic E-state index is 12.9. The number of aromatic amines is 1. The minimum Gasteiger partial charge on any atom is -0.356 e. The third kappa shape index (κ3) is 3.00. The highest BCUT2D eigenvalue weighted by molar-refractivity contribution is 6.05. The van der Waals surface area contributed by atoms with Crippen LogP contribution in [0.25, 0.3) is 11.0 Å². The van der Waals surface area contributed by atoms with Crippen LogP contribution in [0.3, 0.4) is 0 Å². The predicted octanol–water partition coefficient (Wildman–Crippen LogP) is 2.40. The first-order valence-electron chi connectivity index (χ1n) is 8.86. The number of carbonyl (C=O) groups excluding carboxylic acids is 1. The Kier molecular flexibility index (Phi) is 4.28. The molecular weight excluding hydrogens is 328 g/mol. The fraction of sp³-hybridized carbons (Fsp3) is 0.368. The van der Waals surface area contributed by atoms with E-state index < -0.39 is 0 Å². The number of H-pyrrole nitrogens is 1. The molecule has 0 unspecified atom stereocenters. The van der Waals surface area contributed by atoms with Crippen molar-refractivity contribution in [3.8, 4) is 0 Å². The Morgan fingerprint density at radius 2 is 2.08 bits per heavy atom. The second-order valence-electron chi connectivity index (χ2n) is 6.75. The van der Waals surface area contributed by atoms with Gasteiger partial charge in [0.2, 0.25) is 0 Å². The molecule has 0 aromatic carbocycles. The van der Waals surface area contributed by atoms with Crippen molar-refractivity contribution in [1.82, 2.24) is 24.8 Å². The number of carbonyl (C=O) groups is 1. The minimum absolute atomic E-state index is 0.0724. The number of hydrogen-bond acceptors (Lipinski definition) is 5. The molecule has 0 saturated carbocycles. The van der Waals surface area contributed by atoms with Crippen molar-refractivity contribution in [2.45, 2.75) is 25.8 Å².